The molecule has 0 spiro atoms. The minimum atomic E-state index is 0.0174. The zero-order chi connectivity index (χ0) is 16.1. The molecule has 3 aromatic carbocycles. The lowest BCUT2D eigenvalue weighted by Gasteiger charge is -2.16. The molecule has 0 atom stereocenters. The second kappa shape index (κ2) is 4.88. The van der Waals surface area contributed by atoms with Crippen molar-refractivity contribution in [1.29, 1.82) is 0 Å². The first kappa shape index (κ1) is 13.9. The highest BCUT2D eigenvalue weighted by Crippen LogP contribution is 2.49. The number of ether oxygens (including phenoxy) is 2. The number of fused-ring (bicyclic) bond motifs is 2. The molecule has 0 aromatic heterocycles. The van der Waals surface area contributed by atoms with Crippen LogP contribution in [-0.4, -0.2) is 26.7 Å². The summed E-state index contributed by atoms with van der Waals surface area (Å²) >= 11 is 0. The van der Waals surface area contributed by atoms with Crippen LogP contribution in [0.3, 0.4) is 0 Å². The van der Waals surface area contributed by atoms with Crippen molar-refractivity contribution >= 4 is 33.1 Å². The molecule has 4 rings (SSSR count). The second-order valence-corrected chi connectivity index (χ2v) is 5.58. The van der Waals surface area contributed by atoms with Crippen LogP contribution in [0, 0.1) is 0 Å². The van der Waals surface area contributed by atoms with E-state index < -0.39 is 0 Å². The molecule has 1 amide bonds. The van der Waals surface area contributed by atoms with Gasteiger partial charge in [-0.15, -0.1) is 0 Å². The Morgan fingerprint density at radius 3 is 2.52 bits per heavy atom. The summed E-state index contributed by atoms with van der Waals surface area (Å²) in [7, 11) is 3.23. The third-order valence-corrected chi connectivity index (χ3v) is 4.53. The monoisotopic (exact) mass is 307 g/mol. The summed E-state index contributed by atoms with van der Waals surface area (Å²) in [5, 5.41) is 4.04. The lowest BCUT2D eigenvalue weighted by molar-refractivity contribution is 0.0994. The summed E-state index contributed by atoms with van der Waals surface area (Å²) in [4.78, 5) is 14.6. The molecule has 0 aliphatic carbocycles. The lowest BCUT2D eigenvalue weighted by atomic mass is 9.97. The third kappa shape index (κ3) is 1.69. The molecule has 0 saturated heterocycles. The third-order valence-electron chi connectivity index (χ3n) is 4.53. The van der Waals surface area contributed by atoms with Crippen LogP contribution < -0.4 is 14.4 Å². The van der Waals surface area contributed by atoms with Gasteiger partial charge in [0, 0.05) is 17.3 Å². The zero-order valence-electron chi connectivity index (χ0n) is 13.3. The number of nitrogens with zero attached hydrogens (tertiary/aromatic N) is 1. The van der Waals surface area contributed by atoms with Crippen LogP contribution in [0.4, 0.5) is 5.69 Å². The number of carbonyl (C=O) groups excluding carboxylic acids is 1. The molecule has 1 aliphatic heterocycles. The van der Waals surface area contributed by atoms with Crippen molar-refractivity contribution in [2.24, 2.45) is 0 Å². The summed E-state index contributed by atoms with van der Waals surface area (Å²) < 4.78 is 11.1. The molecule has 0 fully saturated rings. The first-order chi connectivity index (χ1) is 11.2. The standard InChI is InChI=1S/C19H17NO3/c1-4-20-14-9-11-7-5-6-8-12(11)17-16(14)13(19(20)21)10-15(22-2)18(17)23-3/h5-10H,4H2,1-3H3. The quantitative estimate of drug-likeness (QED) is 0.687. The van der Waals surface area contributed by atoms with Gasteiger partial charge in [0.05, 0.1) is 25.5 Å². The fourth-order valence-electron chi connectivity index (χ4n) is 3.54. The van der Waals surface area contributed by atoms with Crippen molar-refractivity contribution in [3.63, 3.8) is 0 Å². The van der Waals surface area contributed by atoms with Crippen molar-refractivity contribution < 1.29 is 14.3 Å². The molecule has 23 heavy (non-hydrogen) atoms. The van der Waals surface area contributed by atoms with Crippen LogP contribution in [0.15, 0.2) is 36.4 Å². The minimum absolute atomic E-state index is 0.0174. The van der Waals surface area contributed by atoms with Crippen LogP contribution in [0.25, 0.3) is 21.5 Å². The number of rotatable bonds is 3. The number of amides is 1. The lowest BCUT2D eigenvalue weighted by Crippen LogP contribution is -2.25. The van der Waals surface area contributed by atoms with Crippen LogP contribution in [0.5, 0.6) is 11.5 Å². The van der Waals surface area contributed by atoms with Crippen LogP contribution in [0.2, 0.25) is 0 Å². The van der Waals surface area contributed by atoms with Crippen molar-refractivity contribution in [3.05, 3.63) is 42.0 Å². The predicted octanol–water partition coefficient (Wildman–Crippen LogP) is 3.99. The Kier molecular flexibility index (Phi) is 2.94. The number of benzene rings is 3. The average molecular weight is 307 g/mol. The molecule has 0 saturated carbocycles. The molecule has 0 radical (unpaired) electrons. The van der Waals surface area contributed by atoms with Gasteiger partial charge in [-0.3, -0.25) is 4.79 Å². The van der Waals surface area contributed by atoms with Crippen LogP contribution in [-0.2, 0) is 0 Å². The Morgan fingerprint density at radius 1 is 1.04 bits per heavy atom. The van der Waals surface area contributed by atoms with E-state index in [-0.39, 0.29) is 5.91 Å². The molecule has 1 aliphatic rings. The Hall–Kier alpha value is -2.75. The molecule has 3 aromatic rings. The number of hydrogen-bond acceptors (Lipinski definition) is 3. The van der Waals surface area contributed by atoms with E-state index in [1.165, 1.54) is 0 Å². The highest BCUT2D eigenvalue weighted by molar-refractivity contribution is 6.31. The topological polar surface area (TPSA) is 38.8 Å². The Morgan fingerprint density at radius 2 is 1.83 bits per heavy atom. The fourth-order valence-corrected chi connectivity index (χ4v) is 3.54. The maximum Gasteiger partial charge on any atom is 0.259 e. The van der Waals surface area contributed by atoms with Crippen molar-refractivity contribution in [2.75, 3.05) is 25.7 Å². The van der Waals surface area contributed by atoms with E-state index in [0.29, 0.717) is 23.6 Å². The maximum atomic E-state index is 12.8. The number of anilines is 1. The van der Waals surface area contributed by atoms with Gasteiger partial charge in [-0.1, -0.05) is 24.3 Å². The van der Waals surface area contributed by atoms with E-state index in [1.807, 2.05) is 24.0 Å². The van der Waals surface area contributed by atoms with Gasteiger partial charge in [0.2, 0.25) is 0 Å². The van der Waals surface area contributed by atoms with Crippen molar-refractivity contribution in [3.8, 4) is 11.5 Å². The largest absolute Gasteiger partial charge is 0.493 e. The van der Waals surface area contributed by atoms with E-state index in [0.717, 1.165) is 27.2 Å². The predicted molar refractivity (Wildman–Crippen MR) is 91.9 cm³/mol. The second-order valence-electron chi connectivity index (χ2n) is 5.58. The number of hydrogen-bond donors (Lipinski definition) is 0. The van der Waals surface area contributed by atoms with E-state index >= 15 is 0 Å². The molecule has 0 N–H and O–H groups in total. The molecule has 4 heteroatoms. The van der Waals surface area contributed by atoms with Gasteiger partial charge < -0.3 is 14.4 Å². The van der Waals surface area contributed by atoms with Gasteiger partial charge in [0.1, 0.15) is 0 Å². The highest BCUT2D eigenvalue weighted by Gasteiger charge is 2.32. The van der Waals surface area contributed by atoms with Crippen molar-refractivity contribution in [2.45, 2.75) is 6.92 Å². The number of methoxy groups -OCH3 is 2. The van der Waals surface area contributed by atoms with E-state index in [1.54, 1.807) is 20.3 Å². The normalized spacial score (nSPS) is 13.2. The Balaban J connectivity index is 2.29. The first-order valence-electron chi connectivity index (χ1n) is 7.63. The molecule has 4 nitrogen and oxygen atoms in total. The highest BCUT2D eigenvalue weighted by atomic mass is 16.5. The van der Waals surface area contributed by atoms with Crippen LogP contribution >= 0.6 is 0 Å². The molecular formula is C19H17NO3. The number of carbonyl (C=O) groups is 1. The SMILES string of the molecule is CCN1C(=O)c2cc(OC)c(OC)c3c2c1cc1ccccc13. The summed E-state index contributed by atoms with van der Waals surface area (Å²) in [5.41, 5.74) is 1.63. The van der Waals surface area contributed by atoms with E-state index in [4.69, 9.17) is 9.47 Å². The Bertz CT molecular complexity index is 962. The van der Waals surface area contributed by atoms with Gasteiger partial charge in [-0.2, -0.15) is 0 Å². The smallest absolute Gasteiger partial charge is 0.259 e. The molecular weight excluding hydrogens is 290 g/mol. The summed E-state index contributed by atoms with van der Waals surface area (Å²) in [5.74, 6) is 1.28. The van der Waals surface area contributed by atoms with Crippen LogP contribution in [0.1, 0.15) is 17.3 Å². The van der Waals surface area contributed by atoms with Gasteiger partial charge in [-0.05, 0) is 29.8 Å². The van der Waals surface area contributed by atoms with E-state index in [2.05, 4.69) is 18.2 Å². The summed E-state index contributed by atoms with van der Waals surface area (Å²) in [6, 6.07) is 12.0. The fraction of sp³-hybridized carbons (Fsp3) is 0.211. The maximum absolute atomic E-state index is 12.8. The molecule has 1 heterocycles. The minimum Gasteiger partial charge on any atom is -0.493 e. The van der Waals surface area contributed by atoms with E-state index in [9.17, 15) is 4.79 Å². The average Bonchev–Trinajstić information content (AvgIpc) is 2.86. The van der Waals surface area contributed by atoms with Crippen molar-refractivity contribution in [1.82, 2.24) is 0 Å². The van der Waals surface area contributed by atoms with Gasteiger partial charge in [-0.25, -0.2) is 0 Å². The Labute approximate surface area is 134 Å². The summed E-state index contributed by atoms with van der Waals surface area (Å²) in [6.07, 6.45) is 0. The molecule has 0 unspecified atom stereocenters. The summed E-state index contributed by atoms with van der Waals surface area (Å²) in [6.45, 7) is 2.62. The molecule has 0 bridgehead atoms. The zero-order valence-corrected chi connectivity index (χ0v) is 13.3. The van der Waals surface area contributed by atoms with Gasteiger partial charge in [0.25, 0.3) is 5.91 Å². The van der Waals surface area contributed by atoms with Gasteiger partial charge in [0.15, 0.2) is 11.5 Å². The molecule has 116 valence electrons. The first-order valence-corrected chi connectivity index (χ1v) is 7.63. The van der Waals surface area contributed by atoms with Gasteiger partial charge >= 0.3 is 0 Å².